The molecular formula is C12H18N2O3. The molecule has 5 nitrogen and oxygen atoms in total. The maximum atomic E-state index is 11.7. The Morgan fingerprint density at radius 1 is 1.53 bits per heavy atom. The van der Waals surface area contributed by atoms with Crippen LogP contribution in [0.2, 0.25) is 0 Å². The fourth-order valence-corrected chi connectivity index (χ4v) is 1.39. The average molecular weight is 238 g/mol. The van der Waals surface area contributed by atoms with E-state index >= 15 is 0 Å². The number of carbonyl (C=O) groups is 1. The highest BCUT2D eigenvalue weighted by atomic mass is 16.6. The molecule has 0 radical (unpaired) electrons. The van der Waals surface area contributed by atoms with Gasteiger partial charge in [-0.25, -0.2) is 4.79 Å². The molecule has 0 unspecified atom stereocenters. The van der Waals surface area contributed by atoms with Gasteiger partial charge in [0.25, 0.3) is 0 Å². The summed E-state index contributed by atoms with van der Waals surface area (Å²) in [7, 11) is 0. The Hall–Kier alpha value is -1.52. The normalized spacial score (nSPS) is 23.3. The van der Waals surface area contributed by atoms with Gasteiger partial charge in [0.1, 0.15) is 11.7 Å². The van der Waals surface area contributed by atoms with Crippen LogP contribution in [0.1, 0.15) is 34.1 Å². The third kappa shape index (κ3) is 3.22. The molecule has 1 aromatic rings. The van der Waals surface area contributed by atoms with Crippen LogP contribution in [0.3, 0.4) is 0 Å². The highest BCUT2D eigenvalue weighted by Gasteiger charge is 2.35. The number of hydrogen-bond donors (Lipinski definition) is 0. The predicted octanol–water partition coefficient (Wildman–Crippen LogP) is 2.45. The summed E-state index contributed by atoms with van der Waals surface area (Å²) in [6, 6.07) is 1.68. The number of ether oxygens (including phenoxy) is 2. The Balaban J connectivity index is 1.95. The largest absolute Gasteiger partial charge is 0.473 e. The lowest BCUT2D eigenvalue weighted by Gasteiger charge is -2.18. The summed E-state index contributed by atoms with van der Waals surface area (Å²) >= 11 is 0. The zero-order valence-corrected chi connectivity index (χ0v) is 10.6. The van der Waals surface area contributed by atoms with Crippen molar-refractivity contribution in [2.24, 2.45) is 5.92 Å². The second-order valence-electron chi connectivity index (χ2n) is 5.45. The number of carbonyl (C=O) groups excluding carboxylic acids is 1. The van der Waals surface area contributed by atoms with E-state index in [-0.39, 0.29) is 6.10 Å². The third-order valence-electron chi connectivity index (χ3n) is 2.45. The number of aromatic nitrogens is 2. The minimum Gasteiger partial charge on any atom is -0.473 e. The van der Waals surface area contributed by atoms with Gasteiger partial charge in [0.2, 0.25) is 5.88 Å². The van der Waals surface area contributed by atoms with Gasteiger partial charge in [0, 0.05) is 12.3 Å². The average Bonchev–Trinajstić information content (AvgIpc) is 2.70. The first-order chi connectivity index (χ1) is 7.85. The lowest BCUT2D eigenvalue weighted by molar-refractivity contribution is 0.0511. The van der Waals surface area contributed by atoms with Crippen molar-refractivity contribution in [2.45, 2.75) is 45.8 Å². The van der Waals surface area contributed by atoms with Crippen molar-refractivity contribution in [3.05, 3.63) is 12.3 Å². The minimum absolute atomic E-state index is 0.247. The molecule has 1 aliphatic carbocycles. The van der Waals surface area contributed by atoms with E-state index in [0.717, 1.165) is 11.1 Å². The molecular weight excluding hydrogens is 220 g/mol. The Morgan fingerprint density at radius 2 is 2.18 bits per heavy atom. The molecule has 94 valence electrons. The molecule has 0 aliphatic heterocycles. The standard InChI is InChI=1S/C12H18N2O3/c1-8-7-9(8)16-10-5-6-14(13-10)11(15)17-12(2,3)4/h5-6,8-9H,7H2,1-4H3/t8-,9+/m0/s1. The molecule has 2 atom stereocenters. The van der Waals surface area contributed by atoms with Gasteiger partial charge < -0.3 is 9.47 Å². The first-order valence-electron chi connectivity index (χ1n) is 5.81. The van der Waals surface area contributed by atoms with Crippen LogP contribution in [0.15, 0.2) is 12.3 Å². The summed E-state index contributed by atoms with van der Waals surface area (Å²) in [6.45, 7) is 7.57. The summed E-state index contributed by atoms with van der Waals surface area (Å²) in [5, 5.41) is 4.03. The molecule has 0 N–H and O–H groups in total. The molecule has 1 aromatic heterocycles. The lowest BCUT2D eigenvalue weighted by atomic mass is 10.2. The summed E-state index contributed by atoms with van der Waals surface area (Å²) < 4.78 is 11.9. The quantitative estimate of drug-likeness (QED) is 0.794. The molecule has 1 fully saturated rings. The topological polar surface area (TPSA) is 53.4 Å². The van der Waals surface area contributed by atoms with E-state index in [1.54, 1.807) is 12.3 Å². The van der Waals surface area contributed by atoms with Crippen molar-refractivity contribution in [3.8, 4) is 5.88 Å². The number of rotatable bonds is 2. The summed E-state index contributed by atoms with van der Waals surface area (Å²) in [5.74, 6) is 1.06. The van der Waals surface area contributed by atoms with Crippen LogP contribution >= 0.6 is 0 Å². The lowest BCUT2D eigenvalue weighted by Crippen LogP contribution is -2.27. The molecule has 17 heavy (non-hydrogen) atoms. The molecule has 0 spiro atoms. The van der Waals surface area contributed by atoms with E-state index in [0.29, 0.717) is 11.8 Å². The molecule has 1 saturated carbocycles. The zero-order chi connectivity index (χ0) is 12.6. The van der Waals surface area contributed by atoms with Crippen molar-refractivity contribution in [2.75, 3.05) is 0 Å². The van der Waals surface area contributed by atoms with Gasteiger partial charge >= 0.3 is 6.09 Å². The molecule has 2 rings (SSSR count). The predicted molar refractivity (Wildman–Crippen MR) is 62.1 cm³/mol. The van der Waals surface area contributed by atoms with E-state index in [4.69, 9.17) is 9.47 Å². The highest BCUT2D eigenvalue weighted by molar-refractivity contribution is 5.69. The fraction of sp³-hybridized carbons (Fsp3) is 0.667. The Kier molecular flexibility index (Phi) is 2.85. The second-order valence-corrected chi connectivity index (χ2v) is 5.45. The van der Waals surface area contributed by atoms with Gasteiger partial charge in [-0.05, 0) is 33.1 Å². The summed E-state index contributed by atoms with van der Waals surface area (Å²) in [4.78, 5) is 11.7. The van der Waals surface area contributed by atoms with Crippen molar-refractivity contribution in [1.82, 2.24) is 9.78 Å². The van der Waals surface area contributed by atoms with Gasteiger partial charge in [-0.15, -0.1) is 5.10 Å². The Labute approximate surface area is 101 Å². The molecule has 0 bridgehead atoms. The van der Waals surface area contributed by atoms with E-state index < -0.39 is 11.7 Å². The van der Waals surface area contributed by atoms with E-state index in [2.05, 4.69) is 12.0 Å². The van der Waals surface area contributed by atoms with Crippen molar-refractivity contribution in [3.63, 3.8) is 0 Å². The first kappa shape index (κ1) is 12.0. The number of nitrogens with zero attached hydrogens (tertiary/aromatic N) is 2. The first-order valence-corrected chi connectivity index (χ1v) is 5.81. The molecule has 0 amide bonds. The molecule has 1 heterocycles. The fourth-order valence-electron chi connectivity index (χ4n) is 1.39. The summed E-state index contributed by atoms with van der Waals surface area (Å²) in [5.41, 5.74) is -0.519. The van der Waals surface area contributed by atoms with Gasteiger partial charge in [-0.3, -0.25) is 0 Å². The summed E-state index contributed by atoms with van der Waals surface area (Å²) in [6.07, 6.45) is 2.36. The van der Waals surface area contributed by atoms with Gasteiger partial charge in [-0.2, -0.15) is 4.68 Å². The van der Waals surface area contributed by atoms with Gasteiger partial charge in [0.05, 0.1) is 0 Å². The SMILES string of the molecule is C[C@H]1C[C@H]1Oc1ccn(C(=O)OC(C)(C)C)n1. The maximum Gasteiger partial charge on any atom is 0.435 e. The highest BCUT2D eigenvalue weighted by Crippen LogP contribution is 2.33. The second kappa shape index (κ2) is 4.05. The number of hydrogen-bond acceptors (Lipinski definition) is 4. The van der Waals surface area contributed by atoms with Gasteiger partial charge in [-0.1, -0.05) is 6.92 Å². The molecule has 0 saturated heterocycles. The van der Waals surface area contributed by atoms with Crippen molar-refractivity contribution in [1.29, 1.82) is 0 Å². The smallest absolute Gasteiger partial charge is 0.435 e. The van der Waals surface area contributed by atoms with Crippen LogP contribution in [-0.2, 0) is 4.74 Å². The van der Waals surface area contributed by atoms with E-state index in [9.17, 15) is 4.79 Å². The van der Waals surface area contributed by atoms with Crippen molar-refractivity contribution >= 4 is 6.09 Å². The Morgan fingerprint density at radius 3 is 2.71 bits per heavy atom. The third-order valence-corrected chi connectivity index (χ3v) is 2.45. The molecule has 0 aromatic carbocycles. The van der Waals surface area contributed by atoms with Crippen LogP contribution in [0, 0.1) is 5.92 Å². The van der Waals surface area contributed by atoms with Crippen LogP contribution in [0.5, 0.6) is 5.88 Å². The molecule has 5 heteroatoms. The van der Waals surface area contributed by atoms with Crippen LogP contribution in [0.4, 0.5) is 4.79 Å². The van der Waals surface area contributed by atoms with Crippen LogP contribution in [0.25, 0.3) is 0 Å². The molecule has 1 aliphatic rings. The van der Waals surface area contributed by atoms with Crippen LogP contribution < -0.4 is 4.74 Å². The van der Waals surface area contributed by atoms with Crippen molar-refractivity contribution < 1.29 is 14.3 Å². The minimum atomic E-state index is -0.519. The maximum absolute atomic E-state index is 11.7. The zero-order valence-electron chi connectivity index (χ0n) is 10.6. The van der Waals surface area contributed by atoms with E-state index in [1.165, 1.54) is 0 Å². The van der Waals surface area contributed by atoms with E-state index in [1.807, 2.05) is 20.8 Å². The van der Waals surface area contributed by atoms with Gasteiger partial charge in [0.15, 0.2) is 0 Å². The van der Waals surface area contributed by atoms with Crippen LogP contribution in [-0.4, -0.2) is 27.6 Å². The Bertz CT molecular complexity index is 420. The monoisotopic (exact) mass is 238 g/mol.